The van der Waals surface area contributed by atoms with E-state index in [-0.39, 0.29) is 11.6 Å². The lowest BCUT2D eigenvalue weighted by atomic mass is 10.2. The van der Waals surface area contributed by atoms with Crippen molar-refractivity contribution in [3.8, 4) is 5.69 Å². The van der Waals surface area contributed by atoms with E-state index in [0.717, 1.165) is 25.0 Å². The lowest BCUT2D eigenvalue weighted by molar-refractivity contribution is -0.137. The maximum absolute atomic E-state index is 12.5. The van der Waals surface area contributed by atoms with E-state index in [9.17, 15) is 18.0 Å². The van der Waals surface area contributed by atoms with E-state index in [1.165, 1.54) is 16.8 Å². The molecule has 110 valence electrons. The molecule has 0 bridgehead atoms. The van der Waals surface area contributed by atoms with Crippen LogP contribution in [-0.2, 0) is 6.18 Å². The summed E-state index contributed by atoms with van der Waals surface area (Å²) in [5.41, 5.74) is -0.0950. The third-order valence-corrected chi connectivity index (χ3v) is 3.31. The molecule has 0 saturated heterocycles. The normalized spacial score (nSPS) is 15.2. The fourth-order valence-electron chi connectivity index (χ4n) is 2.15. The van der Waals surface area contributed by atoms with E-state index in [4.69, 9.17) is 5.11 Å². The van der Waals surface area contributed by atoms with E-state index in [0.29, 0.717) is 11.4 Å². The summed E-state index contributed by atoms with van der Waals surface area (Å²) >= 11 is 0. The van der Waals surface area contributed by atoms with E-state index in [1.807, 2.05) is 0 Å². The van der Waals surface area contributed by atoms with Gasteiger partial charge < -0.3 is 5.11 Å². The number of carbonyl (C=O) groups is 1. The lowest BCUT2D eigenvalue weighted by Crippen LogP contribution is -2.07. The first-order valence-electron chi connectivity index (χ1n) is 6.24. The fourth-order valence-corrected chi connectivity index (χ4v) is 2.15. The van der Waals surface area contributed by atoms with Gasteiger partial charge in [0.2, 0.25) is 0 Å². The predicted octanol–water partition coefficient (Wildman–Crippen LogP) is 2.86. The molecular formula is C13H10F3N3O2. The number of aromatic nitrogens is 3. The quantitative estimate of drug-likeness (QED) is 0.946. The molecule has 0 atom stereocenters. The van der Waals surface area contributed by atoms with Crippen LogP contribution in [0.15, 0.2) is 24.3 Å². The van der Waals surface area contributed by atoms with Crippen molar-refractivity contribution in [1.82, 2.24) is 15.0 Å². The van der Waals surface area contributed by atoms with Gasteiger partial charge >= 0.3 is 12.1 Å². The van der Waals surface area contributed by atoms with E-state index in [2.05, 4.69) is 10.3 Å². The van der Waals surface area contributed by atoms with E-state index >= 15 is 0 Å². The molecule has 2 aromatic rings. The van der Waals surface area contributed by atoms with Crippen LogP contribution in [0.5, 0.6) is 0 Å². The molecule has 21 heavy (non-hydrogen) atoms. The number of hydrogen-bond acceptors (Lipinski definition) is 3. The first-order valence-corrected chi connectivity index (χ1v) is 6.24. The number of carboxylic acids is 1. The van der Waals surface area contributed by atoms with Gasteiger partial charge in [-0.05, 0) is 37.1 Å². The number of aromatic carboxylic acids is 1. The average molecular weight is 297 g/mol. The van der Waals surface area contributed by atoms with Gasteiger partial charge in [0.15, 0.2) is 5.69 Å². The summed E-state index contributed by atoms with van der Waals surface area (Å²) in [4.78, 5) is 11.1. The number of halogens is 3. The Morgan fingerprint density at radius 2 is 1.86 bits per heavy atom. The average Bonchev–Trinajstić information content (AvgIpc) is 3.16. The fraction of sp³-hybridized carbons (Fsp3) is 0.308. The van der Waals surface area contributed by atoms with Gasteiger partial charge in [0, 0.05) is 5.92 Å². The zero-order chi connectivity index (χ0) is 15.2. The topological polar surface area (TPSA) is 68.0 Å². The zero-order valence-corrected chi connectivity index (χ0v) is 10.6. The van der Waals surface area contributed by atoms with Crippen molar-refractivity contribution in [1.29, 1.82) is 0 Å². The van der Waals surface area contributed by atoms with Crippen LogP contribution in [0.2, 0.25) is 0 Å². The standard InChI is InChI=1S/C13H10F3N3O2/c14-13(15,16)8-3-5-9(6-4-8)19-11(7-1-2-7)10(12(20)21)17-18-19/h3-7H,1-2H2,(H,20,21). The van der Waals surface area contributed by atoms with E-state index < -0.39 is 17.7 Å². The van der Waals surface area contributed by atoms with Crippen molar-refractivity contribution in [3.63, 3.8) is 0 Å². The summed E-state index contributed by atoms with van der Waals surface area (Å²) in [6.07, 6.45) is -2.75. The summed E-state index contributed by atoms with van der Waals surface area (Å²) in [6.45, 7) is 0. The highest BCUT2D eigenvalue weighted by molar-refractivity contribution is 5.87. The second-order valence-electron chi connectivity index (χ2n) is 4.86. The number of alkyl halides is 3. The third-order valence-electron chi connectivity index (χ3n) is 3.31. The lowest BCUT2D eigenvalue weighted by Gasteiger charge is -2.09. The van der Waals surface area contributed by atoms with Crippen molar-refractivity contribution in [3.05, 3.63) is 41.2 Å². The highest BCUT2D eigenvalue weighted by atomic mass is 19.4. The van der Waals surface area contributed by atoms with Gasteiger partial charge in [-0.3, -0.25) is 0 Å². The van der Waals surface area contributed by atoms with Gasteiger partial charge in [0.1, 0.15) is 0 Å². The van der Waals surface area contributed by atoms with Gasteiger partial charge in [-0.15, -0.1) is 5.10 Å². The smallest absolute Gasteiger partial charge is 0.416 e. The highest BCUT2D eigenvalue weighted by Gasteiger charge is 2.34. The van der Waals surface area contributed by atoms with Crippen LogP contribution < -0.4 is 0 Å². The second kappa shape index (κ2) is 4.57. The Labute approximate surface area is 117 Å². The summed E-state index contributed by atoms with van der Waals surface area (Å²) in [5, 5.41) is 16.5. The van der Waals surface area contributed by atoms with Gasteiger partial charge in [0.05, 0.1) is 16.9 Å². The molecule has 3 rings (SSSR count). The molecule has 0 amide bonds. The Balaban J connectivity index is 2.03. The molecular weight excluding hydrogens is 287 g/mol. The molecule has 1 heterocycles. The van der Waals surface area contributed by atoms with Gasteiger partial charge in [0.25, 0.3) is 0 Å². The van der Waals surface area contributed by atoms with Crippen LogP contribution >= 0.6 is 0 Å². The largest absolute Gasteiger partial charge is 0.476 e. The Morgan fingerprint density at radius 3 is 2.33 bits per heavy atom. The molecule has 1 saturated carbocycles. The van der Waals surface area contributed by atoms with Crippen LogP contribution in [0.1, 0.15) is 40.5 Å². The van der Waals surface area contributed by atoms with Crippen molar-refractivity contribution < 1.29 is 23.1 Å². The number of rotatable bonds is 3. The minimum Gasteiger partial charge on any atom is -0.476 e. The minimum absolute atomic E-state index is 0.0494. The monoisotopic (exact) mass is 297 g/mol. The molecule has 1 N–H and O–H groups in total. The Morgan fingerprint density at radius 1 is 1.24 bits per heavy atom. The third kappa shape index (κ3) is 2.48. The molecule has 1 aromatic heterocycles. The molecule has 8 heteroatoms. The number of carboxylic acid groups (broad SMARTS) is 1. The SMILES string of the molecule is O=C(O)c1nnn(-c2ccc(C(F)(F)F)cc2)c1C1CC1. The summed E-state index contributed by atoms with van der Waals surface area (Å²) in [5.74, 6) is -1.14. The molecule has 1 aliphatic rings. The summed E-state index contributed by atoms with van der Waals surface area (Å²) in [6, 6.07) is 4.40. The first kappa shape index (κ1) is 13.6. The van der Waals surface area contributed by atoms with Gasteiger partial charge in [-0.1, -0.05) is 5.21 Å². The number of hydrogen-bond donors (Lipinski definition) is 1. The summed E-state index contributed by atoms with van der Waals surface area (Å²) < 4.78 is 38.9. The number of benzene rings is 1. The van der Waals surface area contributed by atoms with E-state index in [1.54, 1.807) is 0 Å². The van der Waals surface area contributed by atoms with Crippen molar-refractivity contribution in [2.75, 3.05) is 0 Å². The molecule has 5 nitrogen and oxygen atoms in total. The highest BCUT2D eigenvalue weighted by Crippen LogP contribution is 2.42. The zero-order valence-electron chi connectivity index (χ0n) is 10.6. The maximum atomic E-state index is 12.5. The van der Waals surface area contributed by atoms with Crippen LogP contribution in [0.4, 0.5) is 13.2 Å². The molecule has 0 unspecified atom stereocenters. The van der Waals surface area contributed by atoms with Gasteiger partial charge in [-0.2, -0.15) is 13.2 Å². The van der Waals surface area contributed by atoms with Crippen LogP contribution in [0.25, 0.3) is 5.69 Å². The molecule has 0 radical (unpaired) electrons. The summed E-state index contributed by atoms with van der Waals surface area (Å²) in [7, 11) is 0. The first-order chi connectivity index (χ1) is 9.88. The molecule has 0 aliphatic heterocycles. The molecule has 1 aromatic carbocycles. The Bertz CT molecular complexity index is 688. The predicted molar refractivity (Wildman–Crippen MR) is 65.3 cm³/mol. The Hall–Kier alpha value is -2.38. The van der Waals surface area contributed by atoms with Crippen LogP contribution in [0, 0.1) is 0 Å². The number of nitrogens with zero attached hydrogens (tertiary/aromatic N) is 3. The van der Waals surface area contributed by atoms with Crippen LogP contribution in [0.3, 0.4) is 0 Å². The van der Waals surface area contributed by atoms with Crippen LogP contribution in [-0.4, -0.2) is 26.1 Å². The minimum atomic E-state index is -4.41. The molecule has 1 aliphatic carbocycles. The maximum Gasteiger partial charge on any atom is 0.416 e. The molecule has 1 fully saturated rings. The van der Waals surface area contributed by atoms with Gasteiger partial charge in [-0.25, -0.2) is 9.48 Å². The van der Waals surface area contributed by atoms with Crippen molar-refractivity contribution >= 4 is 5.97 Å². The van der Waals surface area contributed by atoms with Crippen molar-refractivity contribution in [2.45, 2.75) is 24.9 Å². The Kier molecular flexibility index (Phi) is 2.96. The second-order valence-corrected chi connectivity index (χ2v) is 4.86. The molecule has 0 spiro atoms. The van der Waals surface area contributed by atoms with Crippen molar-refractivity contribution in [2.24, 2.45) is 0 Å².